The van der Waals surface area contributed by atoms with Gasteiger partial charge in [0.15, 0.2) is 5.78 Å². The number of benzene rings is 1. The van der Waals surface area contributed by atoms with Crippen LogP contribution in [0, 0.1) is 5.82 Å². The minimum atomic E-state index is -0.442. The maximum Gasteiger partial charge on any atom is 0.196 e. The predicted octanol–water partition coefficient (Wildman–Crippen LogP) is 2.40. The first-order chi connectivity index (χ1) is 9.58. The average Bonchev–Trinajstić information content (AvgIpc) is 2.45. The number of hydrogen-bond acceptors (Lipinski definition) is 4. The van der Waals surface area contributed by atoms with Crippen LogP contribution in [0.3, 0.4) is 0 Å². The van der Waals surface area contributed by atoms with E-state index in [-0.39, 0.29) is 11.3 Å². The fraction of sp³-hybridized carbons (Fsp3) is 0.133. The van der Waals surface area contributed by atoms with Gasteiger partial charge < -0.3 is 4.90 Å². The molecule has 0 fully saturated rings. The van der Waals surface area contributed by atoms with Gasteiger partial charge in [-0.2, -0.15) is 0 Å². The van der Waals surface area contributed by atoms with E-state index in [1.165, 1.54) is 24.5 Å². The molecular weight excluding hydrogens is 257 g/mol. The lowest BCUT2D eigenvalue weighted by Crippen LogP contribution is -2.10. The van der Waals surface area contributed by atoms with E-state index in [1.807, 2.05) is 0 Å². The molecule has 2 aromatic rings. The van der Waals surface area contributed by atoms with Crippen LogP contribution in [-0.4, -0.2) is 34.7 Å². The molecule has 0 N–H and O–H groups in total. The first-order valence-corrected chi connectivity index (χ1v) is 6.03. The van der Waals surface area contributed by atoms with Crippen molar-refractivity contribution < 1.29 is 9.18 Å². The van der Waals surface area contributed by atoms with Crippen LogP contribution in [0.4, 0.5) is 4.39 Å². The van der Waals surface area contributed by atoms with Crippen LogP contribution in [0.2, 0.25) is 0 Å². The Labute approximate surface area is 116 Å². The summed E-state index contributed by atoms with van der Waals surface area (Å²) < 4.78 is 13.2. The van der Waals surface area contributed by atoms with Gasteiger partial charge in [-0.15, -0.1) is 0 Å². The zero-order chi connectivity index (χ0) is 14.5. The largest absolute Gasteiger partial charge is 0.383 e. The molecule has 0 unspecified atom stereocenters. The smallest absolute Gasteiger partial charge is 0.196 e. The Morgan fingerprint density at radius 1 is 1.30 bits per heavy atom. The van der Waals surface area contributed by atoms with Crippen LogP contribution in [0.1, 0.15) is 16.1 Å². The zero-order valence-corrected chi connectivity index (χ0v) is 11.2. The standard InChI is InChI=1S/C15H14FN3O/c1-19(2)9-13(14-6-7-17-10-18-14)15(20)11-4-3-5-12(16)8-11/h3-10H,1-2H3/b13-9+. The summed E-state index contributed by atoms with van der Waals surface area (Å²) in [6, 6.07) is 7.25. The summed E-state index contributed by atoms with van der Waals surface area (Å²) in [5, 5.41) is 0. The number of halogens is 1. The maximum absolute atomic E-state index is 13.2. The van der Waals surface area contributed by atoms with Gasteiger partial charge in [0, 0.05) is 32.1 Å². The second-order valence-corrected chi connectivity index (χ2v) is 4.44. The fourth-order valence-electron chi connectivity index (χ4n) is 1.73. The quantitative estimate of drug-likeness (QED) is 0.633. The van der Waals surface area contributed by atoms with Crippen molar-refractivity contribution >= 4 is 11.4 Å². The molecule has 0 spiro atoms. The van der Waals surface area contributed by atoms with Crippen molar-refractivity contribution in [3.8, 4) is 0 Å². The van der Waals surface area contributed by atoms with Gasteiger partial charge in [-0.3, -0.25) is 4.79 Å². The lowest BCUT2D eigenvalue weighted by molar-refractivity contribution is 0.105. The molecule has 0 atom stereocenters. The molecule has 5 heteroatoms. The first kappa shape index (κ1) is 13.9. The highest BCUT2D eigenvalue weighted by molar-refractivity contribution is 6.28. The zero-order valence-electron chi connectivity index (χ0n) is 11.2. The predicted molar refractivity (Wildman–Crippen MR) is 74.4 cm³/mol. The van der Waals surface area contributed by atoms with E-state index in [4.69, 9.17) is 0 Å². The summed E-state index contributed by atoms with van der Waals surface area (Å²) >= 11 is 0. The Balaban J connectivity index is 2.45. The third kappa shape index (κ3) is 3.26. The molecule has 1 heterocycles. The molecule has 0 aliphatic heterocycles. The Morgan fingerprint density at radius 3 is 2.70 bits per heavy atom. The fourth-order valence-corrected chi connectivity index (χ4v) is 1.73. The van der Waals surface area contributed by atoms with E-state index in [2.05, 4.69) is 9.97 Å². The lowest BCUT2D eigenvalue weighted by atomic mass is 10.0. The van der Waals surface area contributed by atoms with Gasteiger partial charge in [0.2, 0.25) is 0 Å². The number of carbonyl (C=O) groups is 1. The number of rotatable bonds is 4. The SMILES string of the molecule is CN(C)/C=C(/C(=O)c1cccc(F)c1)c1ccncn1. The average molecular weight is 271 g/mol. The lowest BCUT2D eigenvalue weighted by Gasteiger charge is -2.11. The minimum Gasteiger partial charge on any atom is -0.383 e. The van der Waals surface area contributed by atoms with E-state index in [9.17, 15) is 9.18 Å². The Hall–Kier alpha value is -2.56. The molecule has 0 aliphatic carbocycles. The van der Waals surface area contributed by atoms with Gasteiger partial charge in [0.25, 0.3) is 0 Å². The molecule has 1 aromatic carbocycles. The van der Waals surface area contributed by atoms with Crippen molar-refractivity contribution in [2.24, 2.45) is 0 Å². The molecule has 20 heavy (non-hydrogen) atoms. The van der Waals surface area contributed by atoms with E-state index < -0.39 is 5.82 Å². The Kier molecular flexibility index (Phi) is 4.20. The van der Waals surface area contributed by atoms with E-state index in [0.29, 0.717) is 11.3 Å². The van der Waals surface area contributed by atoms with Crippen molar-refractivity contribution in [3.05, 3.63) is 66.1 Å². The summed E-state index contributed by atoms with van der Waals surface area (Å²) in [6.07, 6.45) is 4.60. The van der Waals surface area contributed by atoms with E-state index >= 15 is 0 Å². The molecular formula is C15H14FN3O. The van der Waals surface area contributed by atoms with E-state index in [0.717, 1.165) is 0 Å². The highest BCUT2D eigenvalue weighted by Crippen LogP contribution is 2.18. The van der Waals surface area contributed by atoms with Crippen molar-refractivity contribution in [2.75, 3.05) is 14.1 Å². The summed E-state index contributed by atoms with van der Waals surface area (Å²) in [5.41, 5.74) is 1.18. The van der Waals surface area contributed by atoms with Gasteiger partial charge >= 0.3 is 0 Å². The molecule has 1 aromatic heterocycles. The molecule has 4 nitrogen and oxygen atoms in total. The second kappa shape index (κ2) is 6.06. The van der Waals surface area contributed by atoms with Gasteiger partial charge in [-0.25, -0.2) is 14.4 Å². The molecule has 0 radical (unpaired) electrons. The van der Waals surface area contributed by atoms with Crippen molar-refractivity contribution in [3.63, 3.8) is 0 Å². The maximum atomic E-state index is 13.2. The van der Waals surface area contributed by atoms with Crippen LogP contribution >= 0.6 is 0 Å². The summed E-state index contributed by atoms with van der Waals surface area (Å²) in [4.78, 5) is 22.2. The van der Waals surface area contributed by atoms with Gasteiger partial charge in [-0.05, 0) is 18.2 Å². The topological polar surface area (TPSA) is 46.1 Å². The number of ketones is 1. The summed E-state index contributed by atoms with van der Waals surface area (Å²) in [7, 11) is 3.61. The molecule has 0 saturated heterocycles. The highest BCUT2D eigenvalue weighted by atomic mass is 19.1. The number of allylic oxidation sites excluding steroid dienone is 1. The second-order valence-electron chi connectivity index (χ2n) is 4.44. The Bertz CT molecular complexity index is 639. The Morgan fingerprint density at radius 2 is 2.10 bits per heavy atom. The van der Waals surface area contributed by atoms with Gasteiger partial charge in [0.05, 0.1) is 11.3 Å². The first-order valence-electron chi connectivity index (χ1n) is 6.03. The number of Topliss-reactive ketones (excluding diaryl/α,β-unsaturated/α-hetero) is 1. The monoisotopic (exact) mass is 271 g/mol. The number of aromatic nitrogens is 2. The number of hydrogen-bond donors (Lipinski definition) is 0. The van der Waals surface area contributed by atoms with E-state index in [1.54, 1.807) is 43.5 Å². The number of nitrogens with zero attached hydrogens (tertiary/aromatic N) is 3. The summed E-state index contributed by atoms with van der Waals surface area (Å²) in [6.45, 7) is 0. The molecule has 0 amide bonds. The molecule has 0 bridgehead atoms. The van der Waals surface area contributed by atoms with Crippen LogP contribution in [0.25, 0.3) is 5.57 Å². The van der Waals surface area contributed by atoms with Crippen molar-refractivity contribution in [2.45, 2.75) is 0 Å². The van der Waals surface area contributed by atoms with Crippen LogP contribution in [-0.2, 0) is 0 Å². The molecule has 2 rings (SSSR count). The highest BCUT2D eigenvalue weighted by Gasteiger charge is 2.16. The number of carbonyl (C=O) groups excluding carboxylic acids is 1. The molecule has 0 aliphatic rings. The minimum absolute atomic E-state index is 0.281. The summed E-state index contributed by atoms with van der Waals surface area (Å²) in [5.74, 6) is -0.723. The normalized spacial score (nSPS) is 11.2. The van der Waals surface area contributed by atoms with Gasteiger partial charge in [-0.1, -0.05) is 12.1 Å². The molecule has 102 valence electrons. The molecule has 0 saturated carbocycles. The van der Waals surface area contributed by atoms with Crippen LogP contribution in [0.15, 0.2) is 49.1 Å². The third-order valence-corrected chi connectivity index (χ3v) is 2.58. The van der Waals surface area contributed by atoms with Crippen molar-refractivity contribution in [1.82, 2.24) is 14.9 Å². The van der Waals surface area contributed by atoms with Crippen molar-refractivity contribution in [1.29, 1.82) is 0 Å². The van der Waals surface area contributed by atoms with Gasteiger partial charge in [0.1, 0.15) is 12.1 Å². The van der Waals surface area contributed by atoms with Crippen LogP contribution < -0.4 is 0 Å². The van der Waals surface area contributed by atoms with Crippen LogP contribution in [0.5, 0.6) is 0 Å². The third-order valence-electron chi connectivity index (χ3n) is 2.58.